The number of carbonyl (C=O) groups excluding carboxylic acids is 2. The first-order valence-electron chi connectivity index (χ1n) is 4.90. The lowest BCUT2D eigenvalue weighted by Crippen LogP contribution is -2.48. The molecule has 0 heterocycles. The van der Waals surface area contributed by atoms with Gasteiger partial charge in [0.25, 0.3) is 5.91 Å². The van der Waals surface area contributed by atoms with Crippen LogP contribution in [-0.2, 0) is 19.6 Å². The van der Waals surface area contributed by atoms with Crippen molar-refractivity contribution in [1.29, 1.82) is 0 Å². The molecule has 0 aliphatic rings. The maximum Gasteiger partial charge on any atom is 0.255 e. The molecule has 0 saturated heterocycles. The minimum absolute atomic E-state index is 0.169. The Bertz CT molecular complexity index is 362. The van der Waals surface area contributed by atoms with Crippen LogP contribution in [0.4, 0.5) is 0 Å². The van der Waals surface area contributed by atoms with Crippen molar-refractivity contribution in [3.63, 3.8) is 0 Å². The van der Waals surface area contributed by atoms with E-state index in [0.29, 0.717) is 6.42 Å². The van der Waals surface area contributed by atoms with Crippen molar-refractivity contribution < 1.29 is 18.0 Å². The quantitative estimate of drug-likeness (QED) is 0.695. The van der Waals surface area contributed by atoms with Gasteiger partial charge in [-0.3, -0.25) is 14.3 Å². The fraction of sp³-hybridized carbons (Fsp3) is 0.778. The second kappa shape index (κ2) is 5.83. The van der Waals surface area contributed by atoms with Crippen LogP contribution in [0.25, 0.3) is 0 Å². The number of nitrogens with one attached hydrogen (secondary N) is 2. The predicted molar refractivity (Wildman–Crippen MR) is 60.0 cm³/mol. The molecular formula is C9H18N2O4S. The van der Waals surface area contributed by atoms with E-state index in [-0.39, 0.29) is 11.8 Å². The lowest BCUT2D eigenvalue weighted by Gasteiger charge is -2.18. The van der Waals surface area contributed by atoms with E-state index < -0.39 is 22.0 Å². The van der Waals surface area contributed by atoms with Crippen molar-refractivity contribution in [2.24, 2.45) is 5.92 Å². The number of carbonyl (C=O) groups is 2. The first-order valence-corrected chi connectivity index (χ1v) is 6.79. The highest BCUT2D eigenvalue weighted by molar-refractivity contribution is 7.89. The third-order valence-electron chi connectivity index (χ3n) is 1.69. The highest BCUT2D eigenvalue weighted by atomic mass is 32.2. The maximum atomic E-state index is 11.5. The molecular weight excluding hydrogens is 232 g/mol. The van der Waals surface area contributed by atoms with Gasteiger partial charge in [-0.25, -0.2) is 8.42 Å². The van der Waals surface area contributed by atoms with Crippen LogP contribution in [0.1, 0.15) is 27.2 Å². The van der Waals surface area contributed by atoms with Crippen molar-refractivity contribution in [3.05, 3.63) is 0 Å². The lowest BCUT2D eigenvalue weighted by atomic mass is 10.0. The summed E-state index contributed by atoms with van der Waals surface area (Å²) in [5.74, 6) is -0.900. The number of amides is 2. The van der Waals surface area contributed by atoms with Crippen molar-refractivity contribution in [3.8, 4) is 0 Å². The van der Waals surface area contributed by atoms with Crippen molar-refractivity contribution in [2.75, 3.05) is 6.26 Å². The van der Waals surface area contributed by atoms with Gasteiger partial charge in [0.2, 0.25) is 15.9 Å². The normalized spacial score (nSPS) is 13.3. The second-order valence-corrected chi connectivity index (χ2v) is 5.87. The topological polar surface area (TPSA) is 92.3 Å². The van der Waals surface area contributed by atoms with Gasteiger partial charge in [0.1, 0.15) is 6.04 Å². The fourth-order valence-electron chi connectivity index (χ4n) is 1.20. The van der Waals surface area contributed by atoms with E-state index in [9.17, 15) is 18.0 Å². The molecule has 0 aromatic carbocycles. The van der Waals surface area contributed by atoms with Gasteiger partial charge < -0.3 is 5.32 Å². The first kappa shape index (κ1) is 14.9. The molecule has 16 heavy (non-hydrogen) atoms. The molecule has 6 nitrogen and oxygen atoms in total. The van der Waals surface area contributed by atoms with E-state index in [0.717, 1.165) is 6.26 Å². The van der Waals surface area contributed by atoms with Gasteiger partial charge in [0.15, 0.2) is 0 Å². The van der Waals surface area contributed by atoms with Gasteiger partial charge in [-0.05, 0) is 12.3 Å². The zero-order valence-corrected chi connectivity index (χ0v) is 10.7. The van der Waals surface area contributed by atoms with E-state index >= 15 is 0 Å². The van der Waals surface area contributed by atoms with E-state index in [1.807, 2.05) is 18.6 Å². The molecule has 0 bridgehead atoms. The van der Waals surface area contributed by atoms with Crippen LogP contribution in [0.2, 0.25) is 0 Å². The Morgan fingerprint density at radius 1 is 1.25 bits per heavy atom. The standard InChI is InChI=1S/C9H18N2O4S/c1-6(2)5-8(10-7(3)12)9(13)11-16(4,14)15/h6,8H,5H2,1-4H3,(H,10,12)(H,11,13)/t8-/m0/s1. The summed E-state index contributed by atoms with van der Waals surface area (Å²) < 4.78 is 23.6. The SMILES string of the molecule is CC(=O)N[C@@H](CC(C)C)C(=O)NS(C)(=O)=O. The molecule has 0 radical (unpaired) electrons. The van der Waals surface area contributed by atoms with Gasteiger partial charge in [-0.2, -0.15) is 0 Å². The minimum Gasteiger partial charge on any atom is -0.345 e. The third kappa shape index (κ3) is 7.22. The predicted octanol–water partition coefficient (Wildman–Crippen LogP) is -0.387. The van der Waals surface area contributed by atoms with E-state index in [4.69, 9.17) is 0 Å². The van der Waals surface area contributed by atoms with Crippen molar-refractivity contribution >= 4 is 21.8 Å². The zero-order valence-electron chi connectivity index (χ0n) is 9.90. The molecule has 0 aliphatic heterocycles. The molecule has 7 heteroatoms. The van der Waals surface area contributed by atoms with E-state index in [1.165, 1.54) is 6.92 Å². The average Bonchev–Trinajstić information content (AvgIpc) is 1.97. The molecule has 0 fully saturated rings. The summed E-state index contributed by atoms with van der Waals surface area (Å²) >= 11 is 0. The molecule has 0 aromatic heterocycles. The Morgan fingerprint density at radius 3 is 2.06 bits per heavy atom. The van der Waals surface area contributed by atoms with Gasteiger partial charge in [-0.1, -0.05) is 13.8 Å². The Labute approximate surface area is 95.8 Å². The monoisotopic (exact) mass is 250 g/mol. The molecule has 2 amide bonds. The highest BCUT2D eigenvalue weighted by Gasteiger charge is 2.22. The van der Waals surface area contributed by atoms with Crippen molar-refractivity contribution in [2.45, 2.75) is 33.2 Å². The molecule has 0 spiro atoms. The zero-order chi connectivity index (χ0) is 12.9. The largest absolute Gasteiger partial charge is 0.345 e. The molecule has 94 valence electrons. The van der Waals surface area contributed by atoms with Gasteiger partial charge in [0, 0.05) is 6.92 Å². The summed E-state index contributed by atoms with van der Waals surface area (Å²) in [5.41, 5.74) is 0. The van der Waals surface area contributed by atoms with Crippen LogP contribution in [0, 0.1) is 5.92 Å². The molecule has 0 rings (SSSR count). The van der Waals surface area contributed by atoms with Gasteiger partial charge >= 0.3 is 0 Å². The van der Waals surface area contributed by atoms with Crippen LogP contribution in [0.5, 0.6) is 0 Å². The fourth-order valence-corrected chi connectivity index (χ4v) is 1.71. The summed E-state index contributed by atoms with van der Waals surface area (Å²) in [6.45, 7) is 5.03. The summed E-state index contributed by atoms with van der Waals surface area (Å²) in [4.78, 5) is 22.4. The van der Waals surface area contributed by atoms with Crippen LogP contribution < -0.4 is 10.0 Å². The average molecular weight is 250 g/mol. The van der Waals surface area contributed by atoms with Gasteiger partial charge in [0.05, 0.1) is 6.26 Å². The summed E-state index contributed by atoms with van der Waals surface area (Å²) in [6.07, 6.45) is 1.28. The third-order valence-corrected chi connectivity index (χ3v) is 2.26. The Hall–Kier alpha value is -1.11. The Morgan fingerprint density at radius 2 is 1.75 bits per heavy atom. The molecule has 1 atom stereocenters. The highest BCUT2D eigenvalue weighted by Crippen LogP contribution is 2.05. The van der Waals surface area contributed by atoms with Crippen molar-refractivity contribution in [1.82, 2.24) is 10.0 Å². The summed E-state index contributed by atoms with van der Waals surface area (Å²) in [5, 5.41) is 2.42. The van der Waals surface area contributed by atoms with Crippen LogP contribution >= 0.6 is 0 Å². The van der Waals surface area contributed by atoms with Crippen LogP contribution in [-0.4, -0.2) is 32.5 Å². The smallest absolute Gasteiger partial charge is 0.255 e. The number of sulfonamides is 1. The molecule has 2 N–H and O–H groups in total. The van der Waals surface area contributed by atoms with E-state index in [2.05, 4.69) is 5.32 Å². The van der Waals surface area contributed by atoms with Gasteiger partial charge in [-0.15, -0.1) is 0 Å². The molecule has 0 aliphatic carbocycles. The summed E-state index contributed by atoms with van der Waals surface area (Å²) in [6, 6.07) is -0.813. The lowest BCUT2D eigenvalue weighted by molar-refractivity contribution is -0.127. The molecule has 0 saturated carbocycles. The maximum absolute atomic E-state index is 11.5. The Kier molecular flexibility index (Phi) is 5.43. The number of hydrogen-bond donors (Lipinski definition) is 2. The first-order chi connectivity index (χ1) is 7.11. The van der Waals surface area contributed by atoms with Crippen LogP contribution in [0.3, 0.4) is 0 Å². The number of rotatable bonds is 5. The summed E-state index contributed by atoms with van der Waals surface area (Å²) in [7, 11) is -3.59. The Balaban J connectivity index is 4.62. The van der Waals surface area contributed by atoms with Crippen LogP contribution in [0.15, 0.2) is 0 Å². The number of hydrogen-bond acceptors (Lipinski definition) is 4. The van der Waals surface area contributed by atoms with E-state index in [1.54, 1.807) is 0 Å². The minimum atomic E-state index is -3.59. The molecule has 0 aromatic rings. The second-order valence-electron chi connectivity index (χ2n) is 4.12. The molecule has 0 unspecified atom stereocenters.